The van der Waals surface area contributed by atoms with E-state index in [2.05, 4.69) is 19.2 Å². The Morgan fingerprint density at radius 3 is 2.75 bits per heavy atom. The van der Waals surface area contributed by atoms with Crippen molar-refractivity contribution in [1.29, 1.82) is 0 Å². The minimum Gasteiger partial charge on any atom is -0.497 e. The van der Waals surface area contributed by atoms with Crippen LogP contribution >= 0.6 is 11.8 Å². The van der Waals surface area contributed by atoms with Crippen molar-refractivity contribution < 1.29 is 9.53 Å². The molecule has 0 spiro atoms. The first-order chi connectivity index (χ1) is 9.37. The van der Waals surface area contributed by atoms with Gasteiger partial charge in [-0.3, -0.25) is 4.79 Å². The van der Waals surface area contributed by atoms with Crippen molar-refractivity contribution in [3.05, 3.63) is 24.3 Å². The van der Waals surface area contributed by atoms with Gasteiger partial charge in [-0.05, 0) is 29.7 Å². The summed E-state index contributed by atoms with van der Waals surface area (Å²) in [5, 5.41) is 3.35. The predicted octanol–water partition coefficient (Wildman–Crippen LogP) is 2.49. The largest absolute Gasteiger partial charge is 0.497 e. The van der Waals surface area contributed by atoms with Crippen molar-refractivity contribution >= 4 is 23.4 Å². The monoisotopic (exact) mass is 294 g/mol. The third kappa shape index (κ3) is 3.20. The molecule has 1 fully saturated rings. The molecule has 1 aliphatic rings. The molecule has 110 valence electrons. The van der Waals surface area contributed by atoms with Crippen LogP contribution in [0.3, 0.4) is 0 Å². The summed E-state index contributed by atoms with van der Waals surface area (Å²) in [5.74, 6) is 2.21. The van der Waals surface area contributed by atoms with Crippen LogP contribution < -0.4 is 15.8 Å². The van der Waals surface area contributed by atoms with Gasteiger partial charge in [0.2, 0.25) is 5.91 Å². The van der Waals surface area contributed by atoms with Crippen LogP contribution in [0, 0.1) is 5.41 Å². The molecular weight excluding hydrogens is 272 g/mol. The number of anilines is 1. The van der Waals surface area contributed by atoms with Crippen molar-refractivity contribution in [1.82, 2.24) is 0 Å². The molecule has 0 bridgehead atoms. The van der Waals surface area contributed by atoms with E-state index in [0.717, 1.165) is 23.6 Å². The molecule has 1 amide bonds. The van der Waals surface area contributed by atoms with Crippen molar-refractivity contribution in [3.8, 4) is 5.75 Å². The number of nitrogens with one attached hydrogen (secondary N) is 1. The van der Waals surface area contributed by atoms with Gasteiger partial charge in [-0.2, -0.15) is 11.8 Å². The van der Waals surface area contributed by atoms with E-state index in [1.54, 1.807) is 18.9 Å². The van der Waals surface area contributed by atoms with Gasteiger partial charge in [0, 0.05) is 17.5 Å². The Balaban J connectivity index is 2.27. The van der Waals surface area contributed by atoms with Gasteiger partial charge in [0.1, 0.15) is 11.3 Å². The summed E-state index contributed by atoms with van der Waals surface area (Å²) in [6.07, 6.45) is 0.736. The Bertz CT molecular complexity index is 504. The minimum atomic E-state index is -0.696. The van der Waals surface area contributed by atoms with Crippen molar-refractivity contribution in [3.63, 3.8) is 0 Å². The minimum absolute atomic E-state index is 0.0871. The highest BCUT2D eigenvalue weighted by Gasteiger charge is 2.45. The molecule has 4 nitrogen and oxygen atoms in total. The van der Waals surface area contributed by atoms with Gasteiger partial charge in [0.25, 0.3) is 0 Å². The van der Waals surface area contributed by atoms with Gasteiger partial charge in [-0.25, -0.2) is 0 Å². The second-order valence-electron chi connectivity index (χ2n) is 6.14. The Hall–Kier alpha value is -1.36. The van der Waals surface area contributed by atoms with E-state index in [1.165, 1.54) is 0 Å². The summed E-state index contributed by atoms with van der Waals surface area (Å²) in [5.41, 5.74) is 5.95. The average molecular weight is 294 g/mol. The van der Waals surface area contributed by atoms with Gasteiger partial charge in [0.05, 0.1) is 7.11 Å². The lowest BCUT2D eigenvalue weighted by molar-refractivity contribution is -0.122. The molecule has 1 aromatic rings. The van der Waals surface area contributed by atoms with Crippen LogP contribution in [0.2, 0.25) is 0 Å². The lowest BCUT2D eigenvalue weighted by atomic mass is 9.79. The number of amides is 1. The normalized spacial score (nSPS) is 24.9. The van der Waals surface area contributed by atoms with Crippen molar-refractivity contribution in [2.24, 2.45) is 11.1 Å². The second kappa shape index (κ2) is 5.56. The molecular formula is C15H22N2O2S. The number of ether oxygens (including phenoxy) is 1. The number of rotatable bonds is 4. The molecule has 5 heteroatoms. The van der Waals surface area contributed by atoms with Crippen molar-refractivity contribution in [2.75, 3.05) is 23.9 Å². The SMILES string of the molecule is COc1cccc(NC2(C(N)=O)CSCC(C)(C)C2)c1. The Labute approximate surface area is 124 Å². The van der Waals surface area contributed by atoms with E-state index in [4.69, 9.17) is 10.5 Å². The van der Waals surface area contributed by atoms with E-state index >= 15 is 0 Å². The van der Waals surface area contributed by atoms with E-state index in [0.29, 0.717) is 5.75 Å². The molecule has 3 N–H and O–H groups in total. The third-order valence-electron chi connectivity index (χ3n) is 3.55. The van der Waals surface area contributed by atoms with Crippen LogP contribution in [-0.2, 0) is 4.79 Å². The van der Waals surface area contributed by atoms with Crippen molar-refractivity contribution in [2.45, 2.75) is 25.8 Å². The first kappa shape index (κ1) is 15.0. The van der Waals surface area contributed by atoms with Gasteiger partial charge in [-0.1, -0.05) is 19.9 Å². The number of nitrogens with two attached hydrogens (primary N) is 1. The number of carbonyl (C=O) groups excluding carboxylic acids is 1. The molecule has 0 aliphatic carbocycles. The highest BCUT2D eigenvalue weighted by atomic mass is 32.2. The van der Waals surface area contributed by atoms with E-state index < -0.39 is 5.54 Å². The smallest absolute Gasteiger partial charge is 0.243 e. The maximum absolute atomic E-state index is 12.0. The fraction of sp³-hybridized carbons (Fsp3) is 0.533. The molecule has 20 heavy (non-hydrogen) atoms. The molecule has 1 aliphatic heterocycles. The zero-order valence-electron chi connectivity index (χ0n) is 12.2. The fourth-order valence-corrected chi connectivity index (χ4v) is 4.12. The number of thioether (sulfide) groups is 1. The Kier molecular flexibility index (Phi) is 4.18. The fourth-order valence-electron chi connectivity index (χ4n) is 2.70. The summed E-state index contributed by atoms with van der Waals surface area (Å²) < 4.78 is 5.22. The lowest BCUT2D eigenvalue weighted by Gasteiger charge is -2.43. The number of primary amides is 1. The molecule has 1 aromatic carbocycles. The highest BCUT2D eigenvalue weighted by Crippen LogP contribution is 2.41. The number of hydrogen-bond donors (Lipinski definition) is 2. The molecule has 0 aromatic heterocycles. The lowest BCUT2D eigenvalue weighted by Crippen LogP contribution is -2.57. The van der Waals surface area contributed by atoms with Crippen LogP contribution in [0.1, 0.15) is 20.3 Å². The standard InChI is InChI=1S/C15H22N2O2S/c1-14(2)8-15(13(16)18,10-20-9-14)17-11-5-4-6-12(7-11)19-3/h4-7,17H,8-10H2,1-3H3,(H2,16,18). The van der Waals surface area contributed by atoms with Crippen LogP contribution in [-0.4, -0.2) is 30.1 Å². The van der Waals surface area contributed by atoms with E-state index in [1.807, 2.05) is 24.3 Å². The molecule has 1 unspecified atom stereocenters. The first-order valence-electron chi connectivity index (χ1n) is 6.67. The van der Waals surface area contributed by atoms with Gasteiger partial charge in [-0.15, -0.1) is 0 Å². The van der Waals surface area contributed by atoms with E-state index in [9.17, 15) is 4.79 Å². The van der Waals surface area contributed by atoms with Gasteiger partial charge < -0.3 is 15.8 Å². The predicted molar refractivity (Wildman–Crippen MR) is 84.3 cm³/mol. The Morgan fingerprint density at radius 2 is 2.15 bits per heavy atom. The highest BCUT2D eigenvalue weighted by molar-refractivity contribution is 7.99. The van der Waals surface area contributed by atoms with E-state index in [-0.39, 0.29) is 11.3 Å². The van der Waals surface area contributed by atoms with Gasteiger partial charge in [0.15, 0.2) is 0 Å². The maximum atomic E-state index is 12.0. The summed E-state index contributed by atoms with van der Waals surface area (Å²) in [4.78, 5) is 12.0. The molecule has 1 atom stereocenters. The zero-order valence-corrected chi connectivity index (χ0v) is 13.0. The van der Waals surface area contributed by atoms with Crippen LogP contribution in [0.4, 0.5) is 5.69 Å². The molecule has 1 heterocycles. The number of carbonyl (C=O) groups is 1. The first-order valence-corrected chi connectivity index (χ1v) is 7.82. The van der Waals surface area contributed by atoms with Crippen LogP contribution in [0.15, 0.2) is 24.3 Å². The molecule has 0 radical (unpaired) electrons. The summed E-state index contributed by atoms with van der Waals surface area (Å²) in [6, 6.07) is 7.59. The maximum Gasteiger partial charge on any atom is 0.243 e. The topological polar surface area (TPSA) is 64.3 Å². The quantitative estimate of drug-likeness (QED) is 0.895. The zero-order chi connectivity index (χ0) is 14.8. The van der Waals surface area contributed by atoms with Crippen LogP contribution in [0.5, 0.6) is 5.75 Å². The number of hydrogen-bond acceptors (Lipinski definition) is 4. The average Bonchev–Trinajstić information content (AvgIpc) is 2.37. The third-order valence-corrected chi connectivity index (χ3v) is 5.23. The van der Waals surface area contributed by atoms with Gasteiger partial charge >= 0.3 is 0 Å². The molecule has 1 saturated heterocycles. The molecule has 2 rings (SSSR count). The number of methoxy groups -OCH3 is 1. The second-order valence-corrected chi connectivity index (χ2v) is 7.12. The summed E-state index contributed by atoms with van der Waals surface area (Å²) in [7, 11) is 1.63. The van der Waals surface area contributed by atoms with Crippen LogP contribution in [0.25, 0.3) is 0 Å². The summed E-state index contributed by atoms with van der Waals surface area (Å²) in [6.45, 7) is 4.34. The Morgan fingerprint density at radius 1 is 1.40 bits per heavy atom. The number of benzene rings is 1. The summed E-state index contributed by atoms with van der Waals surface area (Å²) >= 11 is 1.77. The molecule has 0 saturated carbocycles.